The van der Waals surface area contributed by atoms with Gasteiger partial charge in [0.1, 0.15) is 11.6 Å². The lowest BCUT2D eigenvalue weighted by atomic mass is 10.0. The zero-order chi connectivity index (χ0) is 16.2. The van der Waals surface area contributed by atoms with Crippen LogP contribution in [0.5, 0.6) is 0 Å². The Bertz CT molecular complexity index is 566. The van der Waals surface area contributed by atoms with Crippen molar-refractivity contribution in [1.82, 2.24) is 9.78 Å². The van der Waals surface area contributed by atoms with Gasteiger partial charge in [0.2, 0.25) is 0 Å². The van der Waals surface area contributed by atoms with Crippen molar-refractivity contribution in [3.05, 3.63) is 36.3 Å². The summed E-state index contributed by atoms with van der Waals surface area (Å²) in [5.74, 6) is 2.37. The van der Waals surface area contributed by atoms with Crippen LogP contribution in [0.1, 0.15) is 65.0 Å². The van der Waals surface area contributed by atoms with Crippen molar-refractivity contribution in [1.29, 1.82) is 0 Å². The third-order valence-electron chi connectivity index (χ3n) is 3.94. The van der Waals surface area contributed by atoms with E-state index in [1.54, 1.807) is 12.3 Å². The Labute approximate surface area is 134 Å². The fourth-order valence-corrected chi connectivity index (χ4v) is 2.92. The summed E-state index contributed by atoms with van der Waals surface area (Å²) in [6.07, 6.45) is 10.5. The molecule has 2 rings (SSSR count). The van der Waals surface area contributed by atoms with Gasteiger partial charge in [-0.15, -0.1) is 0 Å². The van der Waals surface area contributed by atoms with Crippen molar-refractivity contribution in [3.63, 3.8) is 0 Å². The first-order chi connectivity index (χ1) is 10.5. The predicted octanol–water partition coefficient (Wildman–Crippen LogP) is 4.83. The highest BCUT2D eigenvalue weighted by atomic mass is 15.4. The van der Waals surface area contributed by atoms with Crippen LogP contribution < -0.4 is 5.32 Å². The molecule has 120 valence electrons. The Morgan fingerprint density at radius 1 is 1.41 bits per heavy atom. The highest BCUT2D eigenvalue weighted by Gasteiger charge is 2.25. The van der Waals surface area contributed by atoms with E-state index >= 15 is 0 Å². The number of nitrogens with zero attached hydrogens (tertiary/aromatic N) is 3. The normalized spacial score (nSPS) is 17.4. The van der Waals surface area contributed by atoms with Gasteiger partial charge in [0.15, 0.2) is 0 Å². The Hall–Kier alpha value is -1.84. The molecule has 1 aromatic rings. The summed E-state index contributed by atoms with van der Waals surface area (Å²) in [7, 11) is 0. The zero-order valence-corrected chi connectivity index (χ0v) is 14.3. The van der Waals surface area contributed by atoms with Crippen molar-refractivity contribution in [2.45, 2.75) is 64.8 Å². The number of hydrogen-bond acceptors (Lipinski definition) is 3. The Morgan fingerprint density at radius 3 is 2.64 bits per heavy atom. The van der Waals surface area contributed by atoms with E-state index < -0.39 is 0 Å². The van der Waals surface area contributed by atoms with Crippen molar-refractivity contribution in [3.8, 4) is 0 Å². The van der Waals surface area contributed by atoms with E-state index in [-0.39, 0.29) is 5.54 Å². The Kier molecular flexibility index (Phi) is 5.22. The standard InChI is InChI=1S/C18H28N4/c1-6-10-16(19-7-2)20-17-13-15(14-11-8-9-12-14)21-22(17)18(3,4)5/h6-7,10,13-14,20H,1,8-9,11-12H2,2-5H3/b16-10+,19-7-. The fraction of sp³-hybridized carbons (Fsp3) is 0.556. The molecule has 0 atom stereocenters. The van der Waals surface area contributed by atoms with Gasteiger partial charge in [0, 0.05) is 18.2 Å². The van der Waals surface area contributed by atoms with Crippen LogP contribution in [0.2, 0.25) is 0 Å². The van der Waals surface area contributed by atoms with Crippen LogP contribution in [0.3, 0.4) is 0 Å². The van der Waals surface area contributed by atoms with Crippen LogP contribution in [-0.4, -0.2) is 16.0 Å². The second-order valence-electron chi connectivity index (χ2n) is 6.82. The number of rotatable bonds is 5. The summed E-state index contributed by atoms with van der Waals surface area (Å²) in [5, 5.41) is 8.28. The van der Waals surface area contributed by atoms with Crippen molar-refractivity contribution in [2.24, 2.45) is 4.99 Å². The van der Waals surface area contributed by atoms with Gasteiger partial charge >= 0.3 is 0 Å². The van der Waals surface area contributed by atoms with Gasteiger partial charge in [0.05, 0.1) is 11.2 Å². The van der Waals surface area contributed by atoms with Gasteiger partial charge in [-0.05, 0) is 46.6 Å². The van der Waals surface area contributed by atoms with Gasteiger partial charge in [-0.2, -0.15) is 5.10 Å². The molecule has 1 saturated carbocycles. The van der Waals surface area contributed by atoms with Gasteiger partial charge in [-0.3, -0.25) is 0 Å². The van der Waals surface area contributed by atoms with Crippen molar-refractivity contribution < 1.29 is 0 Å². The SMILES string of the molecule is C=C/C=C(\N=C/C)Nc1cc(C2CCCC2)nn1C(C)(C)C. The molecule has 1 aliphatic rings. The summed E-state index contributed by atoms with van der Waals surface area (Å²) < 4.78 is 2.07. The smallest absolute Gasteiger partial charge is 0.130 e. The van der Waals surface area contributed by atoms with Crippen LogP contribution in [0.15, 0.2) is 35.6 Å². The summed E-state index contributed by atoms with van der Waals surface area (Å²) in [4.78, 5) is 4.35. The summed E-state index contributed by atoms with van der Waals surface area (Å²) >= 11 is 0. The molecule has 0 radical (unpaired) electrons. The highest BCUT2D eigenvalue weighted by Crippen LogP contribution is 2.35. The first kappa shape index (κ1) is 16.5. The van der Waals surface area contributed by atoms with E-state index in [2.05, 4.69) is 48.4 Å². The molecule has 1 N–H and O–H groups in total. The largest absolute Gasteiger partial charge is 0.325 e. The molecule has 0 aromatic carbocycles. The number of aliphatic imine (C=N–C) groups is 1. The maximum absolute atomic E-state index is 4.89. The number of nitrogens with one attached hydrogen (secondary N) is 1. The molecule has 1 aliphatic carbocycles. The third-order valence-corrected chi connectivity index (χ3v) is 3.94. The Morgan fingerprint density at radius 2 is 2.09 bits per heavy atom. The zero-order valence-electron chi connectivity index (χ0n) is 14.3. The second-order valence-corrected chi connectivity index (χ2v) is 6.82. The molecule has 0 unspecified atom stereocenters. The molecule has 0 aliphatic heterocycles. The lowest BCUT2D eigenvalue weighted by Crippen LogP contribution is -2.25. The maximum atomic E-state index is 4.89. The Balaban J connectivity index is 2.35. The summed E-state index contributed by atoms with van der Waals surface area (Å²) in [6.45, 7) is 12.2. The third kappa shape index (κ3) is 3.87. The molecular formula is C18H28N4. The van der Waals surface area contributed by atoms with Crippen LogP contribution in [0.4, 0.5) is 5.82 Å². The van der Waals surface area contributed by atoms with Crippen molar-refractivity contribution >= 4 is 12.0 Å². The van der Waals surface area contributed by atoms with Crippen LogP contribution in [-0.2, 0) is 5.54 Å². The molecule has 1 fully saturated rings. The number of allylic oxidation sites excluding steroid dienone is 2. The second kappa shape index (κ2) is 6.95. The van der Waals surface area contributed by atoms with Gasteiger partial charge in [-0.1, -0.05) is 25.5 Å². The van der Waals surface area contributed by atoms with Crippen LogP contribution >= 0.6 is 0 Å². The molecule has 4 heteroatoms. The molecule has 0 saturated heterocycles. The topological polar surface area (TPSA) is 42.2 Å². The van der Waals surface area contributed by atoms with E-state index in [0.717, 1.165) is 11.6 Å². The highest BCUT2D eigenvalue weighted by molar-refractivity contribution is 5.57. The number of hydrogen-bond donors (Lipinski definition) is 1. The molecule has 4 nitrogen and oxygen atoms in total. The minimum atomic E-state index is -0.0750. The number of anilines is 1. The quantitative estimate of drug-likeness (QED) is 0.625. The molecule has 1 aromatic heterocycles. The lowest BCUT2D eigenvalue weighted by Gasteiger charge is -2.23. The summed E-state index contributed by atoms with van der Waals surface area (Å²) in [6, 6.07) is 2.18. The molecule has 0 amide bonds. The fourth-order valence-electron chi connectivity index (χ4n) is 2.92. The van der Waals surface area contributed by atoms with Crippen LogP contribution in [0, 0.1) is 0 Å². The monoisotopic (exact) mass is 300 g/mol. The maximum Gasteiger partial charge on any atom is 0.130 e. The summed E-state index contributed by atoms with van der Waals surface area (Å²) in [5.41, 5.74) is 1.13. The minimum Gasteiger partial charge on any atom is -0.325 e. The average Bonchev–Trinajstić information content (AvgIpc) is 3.06. The van der Waals surface area contributed by atoms with Crippen LogP contribution in [0.25, 0.3) is 0 Å². The van der Waals surface area contributed by atoms with Gasteiger partial charge in [0.25, 0.3) is 0 Å². The molecule has 0 spiro atoms. The van der Waals surface area contributed by atoms with Gasteiger partial charge in [-0.25, -0.2) is 9.67 Å². The average molecular weight is 300 g/mol. The van der Waals surface area contributed by atoms with E-state index in [4.69, 9.17) is 5.10 Å². The van der Waals surface area contributed by atoms with E-state index in [9.17, 15) is 0 Å². The molecule has 22 heavy (non-hydrogen) atoms. The molecule has 0 bridgehead atoms. The van der Waals surface area contributed by atoms with Gasteiger partial charge < -0.3 is 5.32 Å². The minimum absolute atomic E-state index is 0.0750. The molecular weight excluding hydrogens is 272 g/mol. The molecule has 1 heterocycles. The number of aromatic nitrogens is 2. The van der Waals surface area contributed by atoms with Crippen molar-refractivity contribution in [2.75, 3.05) is 5.32 Å². The lowest BCUT2D eigenvalue weighted by molar-refractivity contribution is 0.356. The van der Waals surface area contributed by atoms with E-state index in [0.29, 0.717) is 5.92 Å². The van der Waals surface area contributed by atoms with E-state index in [1.165, 1.54) is 31.4 Å². The first-order valence-electron chi connectivity index (χ1n) is 8.14. The first-order valence-corrected chi connectivity index (χ1v) is 8.14. The predicted molar refractivity (Wildman–Crippen MR) is 94.5 cm³/mol. The van der Waals surface area contributed by atoms with E-state index in [1.807, 2.05) is 13.0 Å².